The molecule has 0 amide bonds. The predicted octanol–water partition coefficient (Wildman–Crippen LogP) is 3.68. The van der Waals surface area contributed by atoms with Crippen LogP contribution in [0.5, 0.6) is 0 Å². The van der Waals surface area contributed by atoms with Gasteiger partial charge in [0.2, 0.25) is 0 Å². The monoisotopic (exact) mass is 386 g/mol. The maximum absolute atomic E-state index is 10.1. The van der Waals surface area contributed by atoms with Crippen molar-refractivity contribution in [1.29, 1.82) is 0 Å². The van der Waals surface area contributed by atoms with Crippen molar-refractivity contribution in [3.63, 3.8) is 0 Å². The van der Waals surface area contributed by atoms with E-state index in [4.69, 9.17) is 9.72 Å². The minimum absolute atomic E-state index is 0.138. The van der Waals surface area contributed by atoms with Crippen LogP contribution >= 0.6 is 0 Å². The molecule has 0 aliphatic carbocycles. The minimum Gasteiger partial charge on any atom is -0.382 e. The lowest BCUT2D eigenvalue weighted by atomic mass is 9.93. The molecule has 1 unspecified atom stereocenters. The molecular weight excluding hydrogens is 364 g/mol. The van der Waals surface area contributed by atoms with Gasteiger partial charge in [-0.3, -0.25) is 0 Å². The fourth-order valence-corrected chi connectivity index (χ4v) is 3.84. The van der Waals surface area contributed by atoms with Crippen molar-refractivity contribution >= 4 is 5.65 Å². The normalized spacial score (nSPS) is 16.7. The summed E-state index contributed by atoms with van der Waals surface area (Å²) in [6, 6.07) is 14.4. The van der Waals surface area contributed by atoms with Crippen molar-refractivity contribution in [2.45, 2.75) is 32.0 Å². The van der Waals surface area contributed by atoms with Gasteiger partial charge >= 0.3 is 0 Å². The second-order valence-corrected chi connectivity index (χ2v) is 7.92. The van der Waals surface area contributed by atoms with Crippen molar-refractivity contribution in [2.24, 2.45) is 0 Å². The van der Waals surface area contributed by atoms with Crippen LogP contribution in [0, 0.1) is 0 Å². The molecule has 1 aliphatic rings. The van der Waals surface area contributed by atoms with E-state index in [2.05, 4.69) is 44.8 Å². The van der Waals surface area contributed by atoms with Crippen LogP contribution in [-0.4, -0.2) is 31.1 Å². The molecule has 0 spiro atoms. The van der Waals surface area contributed by atoms with E-state index in [-0.39, 0.29) is 5.92 Å². The van der Waals surface area contributed by atoms with Crippen LogP contribution < -0.4 is 0 Å². The summed E-state index contributed by atoms with van der Waals surface area (Å²) < 4.78 is 7.99. The summed E-state index contributed by atoms with van der Waals surface area (Å²) >= 11 is 0. The molecule has 0 saturated carbocycles. The second kappa shape index (κ2) is 6.76. The van der Waals surface area contributed by atoms with E-state index in [0.717, 1.165) is 22.5 Å². The first kappa shape index (κ1) is 18.0. The number of aromatic nitrogens is 4. The predicted molar refractivity (Wildman–Crippen MR) is 109 cm³/mol. The molecule has 1 aliphatic heterocycles. The molecule has 6 heteroatoms. The molecular formula is C23H22N4O2. The molecule has 0 radical (unpaired) electrons. The zero-order valence-electron chi connectivity index (χ0n) is 16.4. The quantitative estimate of drug-likeness (QED) is 0.581. The van der Waals surface area contributed by atoms with Crippen molar-refractivity contribution < 1.29 is 9.84 Å². The van der Waals surface area contributed by atoms with Crippen molar-refractivity contribution in [3.05, 3.63) is 83.8 Å². The molecule has 4 heterocycles. The van der Waals surface area contributed by atoms with Gasteiger partial charge in [-0.05, 0) is 31.5 Å². The number of imidazole rings is 1. The third-order valence-corrected chi connectivity index (χ3v) is 5.32. The zero-order valence-corrected chi connectivity index (χ0v) is 16.4. The van der Waals surface area contributed by atoms with Crippen molar-refractivity contribution in [3.8, 4) is 11.1 Å². The van der Waals surface area contributed by atoms with Gasteiger partial charge in [-0.1, -0.05) is 30.3 Å². The molecule has 0 saturated heterocycles. The Kier molecular flexibility index (Phi) is 4.19. The van der Waals surface area contributed by atoms with Crippen LogP contribution in [0.4, 0.5) is 0 Å². The second-order valence-electron chi connectivity index (χ2n) is 7.92. The van der Waals surface area contributed by atoms with Gasteiger partial charge < -0.3 is 14.2 Å². The van der Waals surface area contributed by atoms with Crippen LogP contribution in [0.3, 0.4) is 0 Å². The van der Waals surface area contributed by atoms with E-state index in [1.807, 2.05) is 18.2 Å². The highest BCUT2D eigenvalue weighted by Gasteiger charge is 2.27. The summed E-state index contributed by atoms with van der Waals surface area (Å²) in [6.45, 7) is 4.52. The first-order valence-electron chi connectivity index (χ1n) is 9.69. The summed E-state index contributed by atoms with van der Waals surface area (Å²) in [4.78, 5) is 13.5. The van der Waals surface area contributed by atoms with Crippen molar-refractivity contribution in [2.75, 3.05) is 6.61 Å². The molecule has 3 aromatic heterocycles. The maximum Gasteiger partial charge on any atom is 0.159 e. The highest BCUT2D eigenvalue weighted by Crippen LogP contribution is 2.33. The lowest BCUT2D eigenvalue weighted by molar-refractivity contribution is 0.0687. The van der Waals surface area contributed by atoms with Gasteiger partial charge in [0.25, 0.3) is 0 Å². The molecule has 0 bridgehead atoms. The summed E-state index contributed by atoms with van der Waals surface area (Å²) in [6.07, 6.45) is 5.59. The van der Waals surface area contributed by atoms with Crippen molar-refractivity contribution in [1.82, 2.24) is 19.4 Å². The Balaban J connectivity index is 1.61. The van der Waals surface area contributed by atoms with Crippen LogP contribution in [0.2, 0.25) is 0 Å². The smallest absolute Gasteiger partial charge is 0.159 e. The number of rotatable bonds is 3. The summed E-state index contributed by atoms with van der Waals surface area (Å²) in [5.74, 6) is 0.544. The molecule has 0 fully saturated rings. The fourth-order valence-electron chi connectivity index (χ4n) is 3.84. The number of hydrogen-bond acceptors (Lipinski definition) is 5. The minimum atomic E-state index is -1.06. The lowest BCUT2D eigenvalue weighted by Crippen LogP contribution is -2.19. The third kappa shape index (κ3) is 3.20. The number of ether oxygens (including phenoxy) is 1. The molecule has 6 nitrogen and oxygen atoms in total. The van der Waals surface area contributed by atoms with E-state index in [0.29, 0.717) is 19.0 Å². The molecule has 4 aromatic rings. The number of nitrogens with zero attached hydrogens (tertiary/aromatic N) is 4. The van der Waals surface area contributed by atoms with Gasteiger partial charge in [-0.2, -0.15) is 0 Å². The highest BCUT2D eigenvalue weighted by molar-refractivity contribution is 5.64. The van der Waals surface area contributed by atoms with E-state index in [1.54, 1.807) is 26.2 Å². The first-order chi connectivity index (χ1) is 14.0. The Morgan fingerprint density at radius 1 is 1.03 bits per heavy atom. The maximum atomic E-state index is 10.1. The highest BCUT2D eigenvalue weighted by atomic mass is 16.5. The average Bonchev–Trinajstić information content (AvgIpc) is 3.12. The standard InChI is InChI=1S/C23H22N4O2/c1-23(2,28)22-24-10-17(11-25-22)16-8-9-20-26-19-14-29-13-18(21(19)27(20)12-16)15-6-4-3-5-7-15/h3-12,18,28H,13-14H2,1-2H3. The summed E-state index contributed by atoms with van der Waals surface area (Å²) in [5, 5.41) is 10.1. The Labute approximate surface area is 168 Å². The molecule has 5 rings (SSSR count). The van der Waals surface area contributed by atoms with Gasteiger partial charge in [0.05, 0.1) is 30.5 Å². The SMILES string of the molecule is CC(C)(O)c1ncc(-c2ccc3nc4c(n3c2)C(c2ccccc2)COC4)cn1. The van der Waals surface area contributed by atoms with E-state index in [9.17, 15) is 5.11 Å². The number of hydrogen-bond donors (Lipinski definition) is 1. The molecule has 1 N–H and O–H groups in total. The van der Waals surface area contributed by atoms with Gasteiger partial charge in [0, 0.05) is 29.7 Å². The molecule has 146 valence electrons. The molecule has 1 aromatic carbocycles. The third-order valence-electron chi connectivity index (χ3n) is 5.32. The number of fused-ring (bicyclic) bond motifs is 3. The van der Waals surface area contributed by atoms with Gasteiger partial charge in [0.15, 0.2) is 5.82 Å². The first-order valence-corrected chi connectivity index (χ1v) is 9.69. The number of aliphatic hydroxyl groups is 1. The Bertz CT molecular complexity index is 1160. The van der Waals surface area contributed by atoms with Crippen LogP contribution in [0.25, 0.3) is 16.8 Å². The molecule has 29 heavy (non-hydrogen) atoms. The average molecular weight is 386 g/mol. The van der Waals surface area contributed by atoms with Gasteiger partial charge in [-0.25, -0.2) is 15.0 Å². The molecule has 1 atom stereocenters. The fraction of sp³-hybridized carbons (Fsp3) is 0.261. The van der Waals surface area contributed by atoms with E-state index in [1.165, 1.54) is 11.3 Å². The number of pyridine rings is 1. The topological polar surface area (TPSA) is 72.5 Å². The lowest BCUT2D eigenvalue weighted by Gasteiger charge is -2.23. The van der Waals surface area contributed by atoms with Crippen LogP contribution in [0.15, 0.2) is 61.1 Å². The van der Waals surface area contributed by atoms with Crippen LogP contribution in [0.1, 0.15) is 42.5 Å². The van der Waals surface area contributed by atoms with Crippen LogP contribution in [-0.2, 0) is 16.9 Å². The van der Waals surface area contributed by atoms with E-state index < -0.39 is 5.60 Å². The summed E-state index contributed by atoms with van der Waals surface area (Å²) in [7, 11) is 0. The Morgan fingerprint density at radius 3 is 2.52 bits per heavy atom. The summed E-state index contributed by atoms with van der Waals surface area (Å²) in [5.41, 5.74) is 5.11. The Morgan fingerprint density at radius 2 is 1.79 bits per heavy atom. The van der Waals surface area contributed by atoms with Gasteiger partial charge in [-0.15, -0.1) is 0 Å². The largest absolute Gasteiger partial charge is 0.382 e. The Hall–Kier alpha value is -3.09. The zero-order chi connectivity index (χ0) is 20.0. The number of benzene rings is 1. The van der Waals surface area contributed by atoms with Gasteiger partial charge in [0.1, 0.15) is 11.2 Å². The van der Waals surface area contributed by atoms with E-state index >= 15 is 0 Å².